The smallest absolute Gasteiger partial charge is 0.0558 e. The van der Waals surface area contributed by atoms with Crippen molar-refractivity contribution in [3.63, 3.8) is 0 Å². The highest BCUT2D eigenvalue weighted by atomic mass is 16.3. The Hall–Kier alpha value is -0.160. The Kier molecular flexibility index (Phi) is 6.57. The molecule has 1 fully saturated rings. The molecule has 4 heteroatoms. The van der Waals surface area contributed by atoms with Crippen LogP contribution >= 0.6 is 0 Å². The molecule has 0 amide bonds. The molecule has 0 aliphatic carbocycles. The van der Waals surface area contributed by atoms with Crippen LogP contribution in [0.2, 0.25) is 0 Å². The summed E-state index contributed by atoms with van der Waals surface area (Å²) in [6, 6.07) is 0.449. The van der Waals surface area contributed by atoms with Crippen molar-refractivity contribution < 1.29 is 10.2 Å². The number of piperidine rings is 1. The summed E-state index contributed by atoms with van der Waals surface area (Å²) >= 11 is 0. The fourth-order valence-corrected chi connectivity index (χ4v) is 3.06. The minimum absolute atomic E-state index is 0.195. The van der Waals surface area contributed by atoms with Crippen molar-refractivity contribution in [3.05, 3.63) is 0 Å². The third-order valence-electron chi connectivity index (χ3n) is 3.47. The maximum atomic E-state index is 9.10. The quantitative estimate of drug-likeness (QED) is 0.656. The Balaban J connectivity index is 2.50. The topological polar surface area (TPSA) is 55.7 Å². The van der Waals surface area contributed by atoms with Crippen molar-refractivity contribution >= 4 is 0 Å². The lowest BCUT2D eigenvalue weighted by atomic mass is 9.80. The van der Waals surface area contributed by atoms with E-state index in [2.05, 4.69) is 31.0 Å². The molecule has 0 bridgehead atoms. The zero-order chi connectivity index (χ0) is 13.6. The molecule has 0 aromatic heterocycles. The third-order valence-corrected chi connectivity index (χ3v) is 3.47. The maximum Gasteiger partial charge on any atom is 0.0558 e. The van der Waals surface area contributed by atoms with Gasteiger partial charge in [-0.3, -0.25) is 4.90 Å². The van der Waals surface area contributed by atoms with Crippen molar-refractivity contribution in [1.82, 2.24) is 10.2 Å². The second-order valence-electron chi connectivity index (χ2n) is 6.72. The summed E-state index contributed by atoms with van der Waals surface area (Å²) < 4.78 is 0. The van der Waals surface area contributed by atoms with E-state index in [-0.39, 0.29) is 13.2 Å². The van der Waals surface area contributed by atoms with Crippen molar-refractivity contribution in [1.29, 1.82) is 0 Å². The first kappa shape index (κ1) is 15.9. The summed E-state index contributed by atoms with van der Waals surface area (Å²) in [6.45, 7) is 10.8. The van der Waals surface area contributed by atoms with Gasteiger partial charge in [0.25, 0.3) is 0 Å². The lowest BCUT2D eigenvalue weighted by Crippen LogP contribution is -2.51. The molecule has 3 N–H and O–H groups in total. The van der Waals surface area contributed by atoms with Crippen LogP contribution in [-0.2, 0) is 0 Å². The normalized spacial score (nSPS) is 26.5. The number of β-amino-alcohol motifs (C(OH)–C–C–N with tert-alkyl or cyclic N) is 1. The molecule has 108 valence electrons. The Labute approximate surface area is 111 Å². The van der Waals surface area contributed by atoms with Crippen LogP contribution < -0.4 is 5.32 Å². The van der Waals surface area contributed by atoms with Crippen molar-refractivity contribution in [3.8, 4) is 0 Å². The van der Waals surface area contributed by atoms with Gasteiger partial charge < -0.3 is 15.5 Å². The molecule has 0 saturated carbocycles. The second kappa shape index (κ2) is 7.43. The molecule has 0 radical (unpaired) electrons. The summed E-state index contributed by atoms with van der Waals surface area (Å²) in [5.41, 5.74) is 0.356. The fraction of sp³-hybridized carbons (Fsp3) is 1.00. The Morgan fingerprint density at radius 3 is 2.44 bits per heavy atom. The summed E-state index contributed by atoms with van der Waals surface area (Å²) in [5.74, 6) is 0.682. The van der Waals surface area contributed by atoms with Crippen LogP contribution in [0.15, 0.2) is 0 Å². The average molecular weight is 258 g/mol. The minimum Gasteiger partial charge on any atom is -0.395 e. The van der Waals surface area contributed by atoms with E-state index in [9.17, 15) is 0 Å². The molecule has 0 spiro atoms. The van der Waals surface area contributed by atoms with Crippen LogP contribution in [-0.4, -0.2) is 60.5 Å². The monoisotopic (exact) mass is 258 g/mol. The van der Waals surface area contributed by atoms with Crippen LogP contribution in [0.4, 0.5) is 0 Å². The highest BCUT2D eigenvalue weighted by Crippen LogP contribution is 2.30. The number of nitrogens with one attached hydrogen (secondary N) is 1. The van der Waals surface area contributed by atoms with Gasteiger partial charge in [0.05, 0.1) is 13.2 Å². The van der Waals surface area contributed by atoms with Crippen LogP contribution in [0, 0.1) is 11.3 Å². The average Bonchev–Trinajstić information content (AvgIpc) is 2.24. The molecule has 1 saturated heterocycles. The van der Waals surface area contributed by atoms with Gasteiger partial charge in [-0.1, -0.05) is 20.8 Å². The van der Waals surface area contributed by atoms with E-state index in [1.54, 1.807) is 0 Å². The van der Waals surface area contributed by atoms with Crippen LogP contribution in [0.1, 0.15) is 33.6 Å². The number of rotatable bonds is 6. The lowest BCUT2D eigenvalue weighted by molar-refractivity contribution is 0.0943. The van der Waals surface area contributed by atoms with E-state index < -0.39 is 0 Å². The van der Waals surface area contributed by atoms with Gasteiger partial charge in [0, 0.05) is 32.2 Å². The summed E-state index contributed by atoms with van der Waals surface area (Å²) in [4.78, 5) is 2.34. The van der Waals surface area contributed by atoms with Gasteiger partial charge in [-0.25, -0.2) is 0 Å². The van der Waals surface area contributed by atoms with E-state index in [1.807, 2.05) is 0 Å². The Morgan fingerprint density at radius 1 is 1.17 bits per heavy atom. The molecule has 1 aliphatic rings. The lowest BCUT2D eigenvalue weighted by Gasteiger charge is -2.40. The summed E-state index contributed by atoms with van der Waals surface area (Å²) in [5, 5.41) is 21.4. The predicted molar refractivity (Wildman–Crippen MR) is 74.6 cm³/mol. The molecule has 2 atom stereocenters. The highest BCUT2D eigenvalue weighted by Gasteiger charge is 2.29. The zero-order valence-corrected chi connectivity index (χ0v) is 12.2. The number of aliphatic hydroxyl groups excluding tert-OH is 2. The van der Waals surface area contributed by atoms with E-state index in [4.69, 9.17) is 10.2 Å². The van der Waals surface area contributed by atoms with Gasteiger partial charge in [-0.05, 0) is 24.2 Å². The molecule has 18 heavy (non-hydrogen) atoms. The van der Waals surface area contributed by atoms with E-state index in [0.29, 0.717) is 23.9 Å². The van der Waals surface area contributed by atoms with Crippen LogP contribution in [0.5, 0.6) is 0 Å². The molecule has 2 unspecified atom stereocenters. The third kappa shape index (κ3) is 6.14. The van der Waals surface area contributed by atoms with Gasteiger partial charge in [0.2, 0.25) is 0 Å². The van der Waals surface area contributed by atoms with Crippen LogP contribution in [0.3, 0.4) is 0 Å². The molecular weight excluding hydrogens is 228 g/mol. The minimum atomic E-state index is 0.195. The van der Waals surface area contributed by atoms with Gasteiger partial charge in [0.15, 0.2) is 0 Å². The zero-order valence-electron chi connectivity index (χ0n) is 12.2. The largest absolute Gasteiger partial charge is 0.395 e. The van der Waals surface area contributed by atoms with Crippen molar-refractivity contribution in [2.24, 2.45) is 11.3 Å². The van der Waals surface area contributed by atoms with Gasteiger partial charge in [0.1, 0.15) is 0 Å². The van der Waals surface area contributed by atoms with E-state index in [1.165, 1.54) is 12.8 Å². The fourth-order valence-electron chi connectivity index (χ4n) is 3.06. The molecule has 1 aliphatic heterocycles. The molecule has 0 aromatic rings. The number of aliphatic hydroxyl groups is 2. The first-order valence-corrected chi connectivity index (χ1v) is 7.12. The molecule has 1 heterocycles. The molecule has 0 aromatic carbocycles. The summed E-state index contributed by atoms with van der Waals surface area (Å²) in [7, 11) is 0. The number of likely N-dealkylation sites (tertiary alicyclic amines) is 1. The molecule has 1 rings (SSSR count). The maximum absolute atomic E-state index is 9.10. The number of hydrogen-bond acceptors (Lipinski definition) is 4. The van der Waals surface area contributed by atoms with Gasteiger partial charge in [-0.2, -0.15) is 0 Å². The second-order valence-corrected chi connectivity index (χ2v) is 6.72. The summed E-state index contributed by atoms with van der Waals surface area (Å²) in [6.07, 6.45) is 2.39. The van der Waals surface area contributed by atoms with E-state index in [0.717, 1.165) is 19.6 Å². The van der Waals surface area contributed by atoms with Gasteiger partial charge in [-0.15, -0.1) is 0 Å². The molecular formula is C14H30N2O2. The highest BCUT2D eigenvalue weighted by molar-refractivity contribution is 4.85. The predicted octanol–water partition coefficient (Wildman–Crippen LogP) is 0.687. The number of hydrogen-bond donors (Lipinski definition) is 3. The first-order chi connectivity index (χ1) is 8.44. The van der Waals surface area contributed by atoms with Gasteiger partial charge >= 0.3 is 0 Å². The molecule has 4 nitrogen and oxygen atoms in total. The van der Waals surface area contributed by atoms with Crippen molar-refractivity contribution in [2.45, 2.75) is 39.7 Å². The first-order valence-electron chi connectivity index (χ1n) is 7.12. The Bertz CT molecular complexity index is 228. The van der Waals surface area contributed by atoms with Crippen molar-refractivity contribution in [2.75, 3.05) is 39.4 Å². The number of nitrogens with zero attached hydrogens (tertiary/aromatic N) is 1. The van der Waals surface area contributed by atoms with E-state index >= 15 is 0 Å². The standard InChI is InChI=1S/C14H30N2O2/c1-14(2,3)9-12-8-13(15-4-6-17)11-16(10-12)5-7-18/h12-13,15,17-18H,4-11H2,1-3H3. The SMILES string of the molecule is CC(C)(C)CC1CC(NCCO)CN(CCO)C1. The Morgan fingerprint density at radius 2 is 1.89 bits per heavy atom. The van der Waals surface area contributed by atoms with Crippen LogP contribution in [0.25, 0.3) is 0 Å².